The Balaban J connectivity index is 1.97. The van der Waals surface area contributed by atoms with Gasteiger partial charge in [-0.1, -0.05) is 18.1 Å². The first kappa shape index (κ1) is 18.5. The monoisotopic (exact) mass is 344 g/mol. The fraction of sp³-hybridized carbons (Fsp3) is 0.389. The summed E-state index contributed by atoms with van der Waals surface area (Å²) in [7, 11) is 0. The fourth-order valence-electron chi connectivity index (χ4n) is 2.67. The minimum Gasteiger partial charge on any atom is -0.361 e. The van der Waals surface area contributed by atoms with Crippen LogP contribution in [0.4, 0.5) is 16.2 Å². The van der Waals surface area contributed by atoms with Crippen LogP contribution >= 0.6 is 0 Å². The number of carbonyl (C=O) groups excluding carboxylic acids is 2. The number of urea groups is 1. The van der Waals surface area contributed by atoms with E-state index in [2.05, 4.69) is 21.1 Å². The van der Waals surface area contributed by atoms with Crippen LogP contribution in [0.3, 0.4) is 0 Å². The highest BCUT2D eigenvalue weighted by Gasteiger charge is 2.18. The molecule has 1 atom stereocenters. The summed E-state index contributed by atoms with van der Waals surface area (Å²) in [6, 6.07) is 6.45. The van der Waals surface area contributed by atoms with Gasteiger partial charge in [0.05, 0.1) is 11.7 Å². The molecule has 2 rings (SSSR count). The zero-order valence-electron chi connectivity index (χ0n) is 15.0. The lowest BCUT2D eigenvalue weighted by atomic mass is 10.1. The summed E-state index contributed by atoms with van der Waals surface area (Å²) in [4.78, 5) is 23.9. The zero-order chi connectivity index (χ0) is 18.4. The first-order valence-corrected chi connectivity index (χ1v) is 8.31. The molecule has 0 radical (unpaired) electrons. The third kappa shape index (κ3) is 5.07. The van der Waals surface area contributed by atoms with E-state index >= 15 is 0 Å². The van der Waals surface area contributed by atoms with Crippen molar-refractivity contribution in [2.45, 2.75) is 46.6 Å². The lowest BCUT2D eigenvalue weighted by Crippen LogP contribution is -2.31. The molecular formula is C18H24N4O3. The van der Waals surface area contributed by atoms with Crippen molar-refractivity contribution in [2.75, 3.05) is 10.6 Å². The molecule has 2 aromatic rings. The van der Waals surface area contributed by atoms with Gasteiger partial charge in [-0.2, -0.15) is 0 Å². The van der Waals surface area contributed by atoms with Gasteiger partial charge in [-0.05, 0) is 45.4 Å². The molecule has 0 aliphatic carbocycles. The molecule has 25 heavy (non-hydrogen) atoms. The van der Waals surface area contributed by atoms with Crippen LogP contribution in [0.5, 0.6) is 0 Å². The Labute approximate surface area is 147 Å². The molecule has 0 aliphatic heterocycles. The number of rotatable bonds is 6. The van der Waals surface area contributed by atoms with Crippen molar-refractivity contribution >= 4 is 23.3 Å². The number of amides is 3. The van der Waals surface area contributed by atoms with Crippen molar-refractivity contribution in [3.05, 3.63) is 41.3 Å². The van der Waals surface area contributed by atoms with Gasteiger partial charge in [0.25, 0.3) is 0 Å². The smallest absolute Gasteiger partial charge is 0.319 e. The van der Waals surface area contributed by atoms with Crippen molar-refractivity contribution in [1.29, 1.82) is 0 Å². The van der Waals surface area contributed by atoms with E-state index in [0.717, 1.165) is 17.7 Å². The number of benzene rings is 1. The number of anilines is 2. The predicted octanol–water partition coefficient (Wildman–Crippen LogP) is 3.91. The minimum absolute atomic E-state index is 0.0452. The Kier molecular flexibility index (Phi) is 6.16. The van der Waals surface area contributed by atoms with E-state index in [0.29, 0.717) is 23.6 Å². The summed E-state index contributed by atoms with van der Waals surface area (Å²) < 4.78 is 5.13. The van der Waals surface area contributed by atoms with E-state index in [1.807, 2.05) is 27.7 Å². The van der Waals surface area contributed by atoms with Gasteiger partial charge < -0.3 is 20.5 Å². The summed E-state index contributed by atoms with van der Waals surface area (Å²) >= 11 is 0. The highest BCUT2D eigenvalue weighted by atomic mass is 16.5. The number of aromatic nitrogens is 1. The molecule has 0 aliphatic rings. The summed E-state index contributed by atoms with van der Waals surface area (Å²) in [5.41, 5.74) is 2.87. The van der Waals surface area contributed by atoms with E-state index in [-0.39, 0.29) is 18.0 Å². The van der Waals surface area contributed by atoms with Gasteiger partial charge in [-0.25, -0.2) is 4.79 Å². The molecule has 3 amide bonds. The van der Waals surface area contributed by atoms with Crippen molar-refractivity contribution in [1.82, 2.24) is 10.5 Å². The van der Waals surface area contributed by atoms with E-state index in [1.54, 1.807) is 24.3 Å². The number of hydrogen-bond acceptors (Lipinski definition) is 4. The second-order valence-electron chi connectivity index (χ2n) is 5.94. The molecule has 7 nitrogen and oxygen atoms in total. The molecule has 0 saturated carbocycles. The predicted molar refractivity (Wildman–Crippen MR) is 96.5 cm³/mol. The van der Waals surface area contributed by atoms with Gasteiger partial charge in [0.15, 0.2) is 0 Å². The normalized spacial score (nSPS) is 11.7. The molecule has 7 heteroatoms. The van der Waals surface area contributed by atoms with Crippen molar-refractivity contribution in [3.63, 3.8) is 0 Å². The Morgan fingerprint density at radius 1 is 1.20 bits per heavy atom. The average Bonchev–Trinajstić information content (AvgIpc) is 2.86. The van der Waals surface area contributed by atoms with Crippen LogP contribution in [0.25, 0.3) is 0 Å². The molecule has 3 N–H and O–H groups in total. The second kappa shape index (κ2) is 8.32. The van der Waals surface area contributed by atoms with Crippen LogP contribution in [0.15, 0.2) is 28.8 Å². The first-order valence-electron chi connectivity index (χ1n) is 8.31. The third-order valence-electron chi connectivity index (χ3n) is 3.75. The molecule has 1 aromatic carbocycles. The zero-order valence-corrected chi connectivity index (χ0v) is 15.0. The second-order valence-corrected chi connectivity index (χ2v) is 5.94. The molecule has 0 saturated heterocycles. The van der Waals surface area contributed by atoms with Gasteiger partial charge in [0.2, 0.25) is 5.91 Å². The highest BCUT2D eigenvalue weighted by molar-refractivity contribution is 5.93. The standard InChI is InChI=1S/C18H24N4O3/c1-5-7-16(23)20-14-8-6-9-15(10-14)21-18(24)19-11(2)17-12(3)22-25-13(17)4/h6,8-11H,5,7H2,1-4H3,(H,20,23)(H2,19,21,24)/t11-/m0/s1. The van der Waals surface area contributed by atoms with Gasteiger partial charge in [-0.15, -0.1) is 0 Å². The van der Waals surface area contributed by atoms with Crippen molar-refractivity contribution < 1.29 is 14.1 Å². The van der Waals surface area contributed by atoms with E-state index < -0.39 is 0 Å². The quantitative estimate of drug-likeness (QED) is 0.740. The molecule has 1 aromatic heterocycles. The number of nitrogens with one attached hydrogen (secondary N) is 3. The fourth-order valence-corrected chi connectivity index (χ4v) is 2.67. The highest BCUT2D eigenvalue weighted by Crippen LogP contribution is 2.21. The summed E-state index contributed by atoms with van der Waals surface area (Å²) in [5, 5.41) is 12.3. The van der Waals surface area contributed by atoms with Crippen LogP contribution in [0.1, 0.15) is 49.7 Å². The Morgan fingerprint density at radius 3 is 2.48 bits per heavy atom. The number of carbonyl (C=O) groups is 2. The summed E-state index contributed by atoms with van der Waals surface area (Å²) in [6.45, 7) is 7.47. The first-order chi connectivity index (χ1) is 11.9. The average molecular weight is 344 g/mol. The molecular weight excluding hydrogens is 320 g/mol. The maximum absolute atomic E-state index is 12.2. The van der Waals surface area contributed by atoms with Gasteiger partial charge in [-0.3, -0.25) is 4.79 Å². The van der Waals surface area contributed by atoms with Crippen LogP contribution in [0.2, 0.25) is 0 Å². The van der Waals surface area contributed by atoms with Gasteiger partial charge >= 0.3 is 6.03 Å². The topological polar surface area (TPSA) is 96.3 Å². The number of aryl methyl sites for hydroxylation is 2. The summed E-state index contributed by atoms with van der Waals surface area (Å²) in [5.74, 6) is 0.641. The lowest BCUT2D eigenvalue weighted by Gasteiger charge is -2.15. The molecule has 0 fully saturated rings. The van der Waals surface area contributed by atoms with E-state index in [9.17, 15) is 9.59 Å². The molecule has 0 bridgehead atoms. The molecule has 134 valence electrons. The van der Waals surface area contributed by atoms with Crippen LogP contribution in [-0.2, 0) is 4.79 Å². The van der Waals surface area contributed by atoms with Gasteiger partial charge in [0.1, 0.15) is 5.76 Å². The van der Waals surface area contributed by atoms with Crippen molar-refractivity contribution in [2.24, 2.45) is 0 Å². The lowest BCUT2D eigenvalue weighted by molar-refractivity contribution is -0.116. The number of nitrogens with zero attached hydrogens (tertiary/aromatic N) is 1. The van der Waals surface area contributed by atoms with Gasteiger partial charge in [0, 0.05) is 23.4 Å². The maximum atomic E-state index is 12.2. The SMILES string of the molecule is CCCC(=O)Nc1cccc(NC(=O)N[C@@H](C)c2c(C)noc2C)c1. The summed E-state index contributed by atoms with van der Waals surface area (Å²) in [6.07, 6.45) is 1.25. The maximum Gasteiger partial charge on any atom is 0.319 e. The van der Waals surface area contributed by atoms with Crippen LogP contribution < -0.4 is 16.0 Å². The Morgan fingerprint density at radius 2 is 1.88 bits per heavy atom. The van der Waals surface area contributed by atoms with E-state index in [1.165, 1.54) is 0 Å². The van der Waals surface area contributed by atoms with Crippen LogP contribution in [-0.4, -0.2) is 17.1 Å². The molecule has 0 unspecified atom stereocenters. The Bertz CT molecular complexity index is 735. The Hall–Kier alpha value is -2.83. The molecule has 0 spiro atoms. The van der Waals surface area contributed by atoms with Crippen LogP contribution in [0, 0.1) is 13.8 Å². The van der Waals surface area contributed by atoms with Crippen molar-refractivity contribution in [3.8, 4) is 0 Å². The van der Waals surface area contributed by atoms with E-state index in [4.69, 9.17) is 4.52 Å². The molecule has 1 heterocycles. The largest absolute Gasteiger partial charge is 0.361 e. The minimum atomic E-state index is -0.343. The third-order valence-corrected chi connectivity index (χ3v) is 3.75. The number of hydrogen-bond donors (Lipinski definition) is 3.